The van der Waals surface area contributed by atoms with Crippen LogP contribution in [-0.4, -0.2) is 18.1 Å². The smallest absolute Gasteiger partial charge is 0.337 e. The van der Waals surface area contributed by atoms with Gasteiger partial charge in [0.2, 0.25) is 0 Å². The van der Waals surface area contributed by atoms with Gasteiger partial charge in [-0.15, -0.1) is 11.3 Å². The normalized spacial score (nSPS) is 10.8. The molecular formula is C20H15N3O2S. The van der Waals surface area contributed by atoms with Crippen molar-refractivity contribution in [2.45, 2.75) is 0 Å². The molecule has 1 N–H and O–H groups in total. The van der Waals surface area contributed by atoms with Gasteiger partial charge < -0.3 is 10.1 Å². The average molecular weight is 361 g/mol. The summed E-state index contributed by atoms with van der Waals surface area (Å²) in [4.78, 5) is 16.0. The van der Waals surface area contributed by atoms with E-state index in [9.17, 15) is 10.1 Å². The molecule has 5 nitrogen and oxygen atoms in total. The van der Waals surface area contributed by atoms with Gasteiger partial charge in [0.05, 0.1) is 18.4 Å². The number of nitrogens with one attached hydrogen (secondary N) is 1. The lowest BCUT2D eigenvalue weighted by atomic mass is 10.2. The molecule has 0 unspecified atom stereocenters. The number of methoxy groups -OCH3 is 1. The van der Waals surface area contributed by atoms with Crippen LogP contribution >= 0.6 is 11.3 Å². The molecule has 0 fully saturated rings. The Balaban J connectivity index is 1.76. The van der Waals surface area contributed by atoms with E-state index >= 15 is 0 Å². The quantitative estimate of drug-likeness (QED) is 0.532. The third-order valence-corrected chi connectivity index (χ3v) is 4.49. The number of thiazole rings is 1. The second kappa shape index (κ2) is 8.10. The first-order valence-electron chi connectivity index (χ1n) is 7.78. The summed E-state index contributed by atoms with van der Waals surface area (Å²) in [5.74, 6) is -0.388. The number of carbonyl (C=O) groups excluding carboxylic acids is 1. The fourth-order valence-electron chi connectivity index (χ4n) is 2.26. The molecular weight excluding hydrogens is 346 g/mol. The summed E-state index contributed by atoms with van der Waals surface area (Å²) < 4.78 is 4.67. The third-order valence-electron chi connectivity index (χ3n) is 3.61. The van der Waals surface area contributed by atoms with Crippen LogP contribution in [0.25, 0.3) is 16.8 Å². The molecule has 1 heterocycles. The lowest BCUT2D eigenvalue weighted by molar-refractivity contribution is 0.0601. The number of benzene rings is 2. The maximum Gasteiger partial charge on any atom is 0.337 e. The van der Waals surface area contributed by atoms with Crippen LogP contribution in [0.5, 0.6) is 0 Å². The van der Waals surface area contributed by atoms with Crippen LogP contribution in [0.4, 0.5) is 5.69 Å². The predicted octanol–water partition coefficient (Wildman–Crippen LogP) is 4.57. The molecule has 0 saturated heterocycles. The molecule has 2 aromatic carbocycles. The highest BCUT2D eigenvalue weighted by atomic mass is 32.1. The largest absolute Gasteiger partial charge is 0.465 e. The highest BCUT2D eigenvalue weighted by molar-refractivity contribution is 7.11. The van der Waals surface area contributed by atoms with Crippen molar-refractivity contribution in [2.24, 2.45) is 0 Å². The molecule has 3 aromatic rings. The topological polar surface area (TPSA) is 75.0 Å². The molecule has 0 saturated carbocycles. The number of hydrogen-bond acceptors (Lipinski definition) is 6. The summed E-state index contributed by atoms with van der Waals surface area (Å²) >= 11 is 1.42. The van der Waals surface area contributed by atoms with Crippen LogP contribution in [0.2, 0.25) is 0 Å². The van der Waals surface area contributed by atoms with Gasteiger partial charge in [0.25, 0.3) is 0 Å². The Hall–Kier alpha value is -3.43. The summed E-state index contributed by atoms with van der Waals surface area (Å²) in [7, 11) is 1.34. The fraction of sp³-hybridized carbons (Fsp3) is 0.0500. The van der Waals surface area contributed by atoms with E-state index in [1.54, 1.807) is 30.5 Å². The lowest BCUT2D eigenvalue weighted by Gasteiger charge is -2.03. The number of esters is 1. The number of nitriles is 1. The Morgan fingerprint density at radius 2 is 1.92 bits per heavy atom. The minimum Gasteiger partial charge on any atom is -0.465 e. The van der Waals surface area contributed by atoms with Crippen LogP contribution in [0.1, 0.15) is 15.4 Å². The highest BCUT2D eigenvalue weighted by Gasteiger charge is 2.09. The second-order valence-electron chi connectivity index (χ2n) is 5.29. The fourth-order valence-corrected chi connectivity index (χ4v) is 3.05. The van der Waals surface area contributed by atoms with E-state index in [0.717, 1.165) is 16.9 Å². The monoisotopic (exact) mass is 361 g/mol. The van der Waals surface area contributed by atoms with Gasteiger partial charge in [0.15, 0.2) is 0 Å². The minimum absolute atomic E-state index is 0.388. The molecule has 26 heavy (non-hydrogen) atoms. The van der Waals surface area contributed by atoms with Crippen LogP contribution in [0.15, 0.2) is 66.2 Å². The van der Waals surface area contributed by atoms with Crippen molar-refractivity contribution in [3.05, 3.63) is 76.7 Å². The molecule has 0 aliphatic heterocycles. The summed E-state index contributed by atoms with van der Waals surface area (Å²) in [6.45, 7) is 0. The molecule has 6 heteroatoms. The van der Waals surface area contributed by atoms with Crippen molar-refractivity contribution >= 4 is 28.6 Å². The number of rotatable bonds is 5. The van der Waals surface area contributed by atoms with Crippen LogP contribution in [0.3, 0.4) is 0 Å². The number of hydrogen-bond donors (Lipinski definition) is 1. The van der Waals surface area contributed by atoms with Gasteiger partial charge in [0, 0.05) is 22.8 Å². The zero-order valence-corrected chi connectivity index (χ0v) is 14.8. The van der Waals surface area contributed by atoms with Crippen molar-refractivity contribution in [3.63, 3.8) is 0 Å². The molecule has 3 rings (SSSR count). The maximum atomic E-state index is 11.4. The molecule has 1 aromatic heterocycles. The van der Waals surface area contributed by atoms with Gasteiger partial charge in [0.1, 0.15) is 16.6 Å². The van der Waals surface area contributed by atoms with Crippen LogP contribution < -0.4 is 5.32 Å². The maximum absolute atomic E-state index is 11.4. The number of anilines is 1. The Labute approximate surface area is 155 Å². The van der Waals surface area contributed by atoms with Crippen LogP contribution in [-0.2, 0) is 4.74 Å². The molecule has 0 aliphatic rings. The standard InChI is InChI=1S/C20H15N3O2S/c1-25-20(24)15-7-9-17(10-8-15)22-12-16(11-21)19-23-18(13-26-19)14-5-3-2-4-6-14/h2-10,12-13,22H,1H3/b16-12+. The first-order valence-corrected chi connectivity index (χ1v) is 8.65. The molecule has 128 valence electrons. The Morgan fingerprint density at radius 3 is 2.58 bits per heavy atom. The second-order valence-corrected chi connectivity index (χ2v) is 6.15. The van der Waals surface area contributed by atoms with Gasteiger partial charge in [-0.25, -0.2) is 9.78 Å². The van der Waals surface area contributed by atoms with Crippen molar-refractivity contribution in [1.29, 1.82) is 5.26 Å². The molecule has 0 amide bonds. The van der Waals surface area contributed by atoms with E-state index in [0.29, 0.717) is 16.1 Å². The van der Waals surface area contributed by atoms with E-state index in [4.69, 9.17) is 0 Å². The van der Waals surface area contributed by atoms with Crippen molar-refractivity contribution in [1.82, 2.24) is 4.98 Å². The molecule has 0 aliphatic carbocycles. The average Bonchev–Trinajstić information content (AvgIpc) is 3.19. The van der Waals surface area contributed by atoms with Gasteiger partial charge in [-0.1, -0.05) is 30.3 Å². The van der Waals surface area contributed by atoms with Gasteiger partial charge in [-0.2, -0.15) is 5.26 Å². The van der Waals surface area contributed by atoms with Crippen molar-refractivity contribution < 1.29 is 9.53 Å². The first kappa shape index (κ1) is 17.4. The van der Waals surface area contributed by atoms with Crippen LogP contribution in [0, 0.1) is 11.3 Å². The molecule has 0 bridgehead atoms. The summed E-state index contributed by atoms with van der Waals surface area (Å²) in [5, 5.41) is 15.1. The first-order chi connectivity index (χ1) is 12.7. The zero-order chi connectivity index (χ0) is 18.4. The lowest BCUT2D eigenvalue weighted by Crippen LogP contribution is -2.00. The van der Waals surface area contributed by atoms with Crippen molar-refractivity contribution in [2.75, 3.05) is 12.4 Å². The number of ether oxygens (including phenoxy) is 1. The van der Waals surface area contributed by atoms with E-state index in [1.165, 1.54) is 18.4 Å². The summed E-state index contributed by atoms with van der Waals surface area (Å²) in [6.07, 6.45) is 1.61. The summed E-state index contributed by atoms with van der Waals surface area (Å²) in [6, 6.07) is 18.8. The number of nitrogens with zero attached hydrogens (tertiary/aromatic N) is 2. The SMILES string of the molecule is COC(=O)c1ccc(N/C=C(\C#N)c2nc(-c3ccccc3)cs2)cc1. The van der Waals surface area contributed by atoms with E-state index < -0.39 is 0 Å². The molecule has 0 atom stereocenters. The number of carbonyl (C=O) groups is 1. The minimum atomic E-state index is -0.388. The summed E-state index contributed by atoms with van der Waals surface area (Å²) in [5.41, 5.74) is 3.52. The zero-order valence-electron chi connectivity index (χ0n) is 14.0. The number of allylic oxidation sites excluding steroid dienone is 1. The van der Waals surface area contributed by atoms with E-state index in [2.05, 4.69) is 21.1 Å². The van der Waals surface area contributed by atoms with Crippen molar-refractivity contribution in [3.8, 4) is 17.3 Å². The third kappa shape index (κ3) is 3.97. The Kier molecular flexibility index (Phi) is 5.42. The van der Waals surface area contributed by atoms with Gasteiger partial charge in [-0.3, -0.25) is 0 Å². The highest BCUT2D eigenvalue weighted by Crippen LogP contribution is 2.26. The molecule has 0 spiro atoms. The van der Waals surface area contributed by atoms with E-state index in [1.807, 2.05) is 35.7 Å². The van der Waals surface area contributed by atoms with Gasteiger partial charge in [-0.05, 0) is 24.3 Å². The molecule has 0 radical (unpaired) electrons. The Bertz CT molecular complexity index is 970. The van der Waals surface area contributed by atoms with E-state index in [-0.39, 0.29) is 5.97 Å². The number of aromatic nitrogens is 1. The van der Waals surface area contributed by atoms with Gasteiger partial charge >= 0.3 is 5.97 Å². The predicted molar refractivity (Wildman–Crippen MR) is 103 cm³/mol. The Morgan fingerprint density at radius 1 is 1.19 bits per heavy atom.